The molecule has 0 aromatic rings. The summed E-state index contributed by atoms with van der Waals surface area (Å²) < 4.78 is 0. The molecule has 0 unspecified atom stereocenters. The molecular weight excluding hydrogens is 246 g/mol. The van der Waals surface area contributed by atoms with Crippen LogP contribution in [0.2, 0.25) is 0 Å². The van der Waals surface area contributed by atoms with E-state index in [1.165, 1.54) is 0 Å². The van der Waals surface area contributed by atoms with Gasteiger partial charge in [-0.1, -0.05) is 0 Å². The molecule has 0 saturated carbocycles. The molecule has 0 aliphatic carbocycles. The standard InChI is InChI=1S/2Al.6H2O.3S/h;;6*1H2;;;. The van der Waals surface area contributed by atoms with E-state index in [0.717, 1.165) is 0 Å². The van der Waals surface area contributed by atoms with Gasteiger partial charge < -0.3 is 32.9 Å². The van der Waals surface area contributed by atoms with Gasteiger partial charge in [-0.15, -0.1) is 0 Å². The van der Waals surface area contributed by atoms with Crippen LogP contribution in [0.25, 0.3) is 0 Å². The van der Waals surface area contributed by atoms with Crippen LogP contribution in [-0.4, -0.2) is 57.7 Å². The van der Waals surface area contributed by atoms with Gasteiger partial charge >= 0.3 is 54.4 Å². The Labute approximate surface area is 86.8 Å². The third-order valence-corrected chi connectivity index (χ3v) is 9.00. The van der Waals surface area contributed by atoms with Crippen LogP contribution in [0.1, 0.15) is 0 Å². The molecule has 12 N–H and O–H groups in total. The monoisotopic (exact) mass is 258 g/mol. The molecule has 0 heterocycles. The first-order valence-electron chi connectivity index (χ1n) is 0.943. The second kappa shape index (κ2) is 61.4. The summed E-state index contributed by atoms with van der Waals surface area (Å²) in [6.07, 6.45) is 0. The van der Waals surface area contributed by atoms with Gasteiger partial charge in [0.15, 0.2) is 0 Å². The molecule has 72 valence electrons. The molecule has 0 bridgehead atoms. The van der Waals surface area contributed by atoms with Gasteiger partial charge in [0.2, 0.25) is 0 Å². The quantitative estimate of drug-likeness (QED) is 0.460. The summed E-state index contributed by atoms with van der Waals surface area (Å²) in [6.45, 7) is 0. The summed E-state index contributed by atoms with van der Waals surface area (Å²) in [4.78, 5) is 0. The van der Waals surface area contributed by atoms with Gasteiger partial charge in [-0.25, -0.2) is 0 Å². The zero-order valence-electron chi connectivity index (χ0n) is 5.38. The fraction of sp³-hybridized carbons (Fsp3) is 0. The van der Waals surface area contributed by atoms with E-state index in [-0.39, 0.29) is 57.7 Å². The van der Waals surface area contributed by atoms with Crippen LogP contribution in [-0.2, 0) is 0 Å². The van der Waals surface area contributed by atoms with Gasteiger partial charge in [0.05, 0.1) is 0 Å². The Bertz CT molecular complexity index is 45.1. The van der Waals surface area contributed by atoms with Gasteiger partial charge in [-0.3, -0.25) is 0 Å². The molecular formula is H12Al2O6S3. The van der Waals surface area contributed by atoms with Crippen molar-refractivity contribution >= 4 is 54.4 Å². The average molecular weight is 258 g/mol. The Hall–Kier alpha value is 1.61. The minimum absolute atomic E-state index is 0. The molecule has 0 radical (unpaired) electrons. The topological polar surface area (TPSA) is 189 Å². The fourth-order valence-corrected chi connectivity index (χ4v) is 5.51. The van der Waals surface area contributed by atoms with E-state index in [1.807, 2.05) is 0 Å². The van der Waals surface area contributed by atoms with Crippen molar-refractivity contribution in [2.75, 3.05) is 0 Å². The summed E-state index contributed by atoms with van der Waals surface area (Å²) >= 11 is 0.437. The molecule has 11 heavy (non-hydrogen) atoms. The summed E-state index contributed by atoms with van der Waals surface area (Å²) in [5, 5.41) is 0. The Morgan fingerprint density at radius 3 is 0.818 bits per heavy atom. The SMILES string of the molecule is O.O.O.O.O.O.[S]=[Al][S][Al]=[S]. The Kier molecular flexibility index (Phi) is 302. The van der Waals surface area contributed by atoms with Crippen LogP contribution in [0.5, 0.6) is 0 Å². The van der Waals surface area contributed by atoms with Crippen molar-refractivity contribution in [3.8, 4) is 0 Å². The van der Waals surface area contributed by atoms with Crippen LogP contribution in [0.15, 0.2) is 0 Å². The van der Waals surface area contributed by atoms with E-state index in [1.54, 1.807) is 8.50 Å². The van der Waals surface area contributed by atoms with Crippen molar-refractivity contribution < 1.29 is 32.9 Å². The van der Waals surface area contributed by atoms with Gasteiger partial charge in [0.1, 0.15) is 0 Å². The number of rotatable bonds is 2. The van der Waals surface area contributed by atoms with Crippen molar-refractivity contribution in [2.24, 2.45) is 0 Å². The molecule has 6 nitrogen and oxygen atoms in total. The molecule has 0 aromatic heterocycles. The zero-order valence-corrected chi connectivity index (χ0v) is 10.1. The van der Waals surface area contributed by atoms with Crippen LogP contribution >= 0.6 is 29.5 Å². The average Bonchev–Trinajstić information content (AvgIpc) is 1.41. The first-order chi connectivity index (χ1) is 2.41. The van der Waals surface area contributed by atoms with Gasteiger partial charge in [-0.05, 0) is 0 Å². The van der Waals surface area contributed by atoms with Gasteiger partial charge in [0.25, 0.3) is 0 Å². The zero-order chi connectivity index (χ0) is 4.12. The molecule has 0 spiro atoms. The van der Waals surface area contributed by atoms with E-state index in [9.17, 15) is 0 Å². The van der Waals surface area contributed by atoms with Crippen LogP contribution in [0.4, 0.5) is 0 Å². The first-order valence-corrected chi connectivity index (χ1v) is 8.49. The van der Waals surface area contributed by atoms with Crippen LogP contribution in [0.3, 0.4) is 0 Å². The Balaban J connectivity index is -0.00000000533. The van der Waals surface area contributed by atoms with Crippen LogP contribution < -0.4 is 0 Å². The van der Waals surface area contributed by atoms with Crippen molar-refractivity contribution in [3.63, 3.8) is 0 Å². The summed E-state index contributed by atoms with van der Waals surface area (Å²) in [7, 11) is 11.1. The second-order valence-corrected chi connectivity index (χ2v) is 8.87. The minimum atomic E-state index is 0. The molecule has 0 saturated heterocycles. The second-order valence-electron chi connectivity index (χ2n) is 0.329. The Morgan fingerprint density at radius 2 is 0.818 bits per heavy atom. The van der Waals surface area contributed by atoms with Gasteiger partial charge in [0, 0.05) is 0 Å². The molecule has 0 atom stereocenters. The Morgan fingerprint density at radius 1 is 0.636 bits per heavy atom. The normalized spacial score (nSPS) is 2.18. The van der Waals surface area contributed by atoms with Crippen molar-refractivity contribution in [2.45, 2.75) is 0 Å². The molecule has 0 rings (SSSR count). The van der Waals surface area contributed by atoms with E-state index in [0.29, 0.717) is 0 Å². The van der Waals surface area contributed by atoms with E-state index >= 15 is 0 Å². The molecule has 0 aliphatic rings. The van der Waals surface area contributed by atoms with Crippen molar-refractivity contribution in [1.29, 1.82) is 0 Å². The number of hydrogen-bond donors (Lipinski definition) is 0. The van der Waals surface area contributed by atoms with E-state index < -0.39 is 0 Å². The summed E-state index contributed by atoms with van der Waals surface area (Å²) in [5.74, 6) is 0. The maximum atomic E-state index is 4.65. The molecule has 0 fully saturated rings. The summed E-state index contributed by atoms with van der Waals surface area (Å²) in [5.41, 5.74) is 0. The molecule has 0 aliphatic heterocycles. The molecule has 0 amide bonds. The third kappa shape index (κ3) is 82.2. The predicted octanol–water partition coefficient (Wildman–Crippen LogP) is -3.77. The third-order valence-electron chi connectivity index (χ3n) is 0.111. The van der Waals surface area contributed by atoms with Crippen LogP contribution in [0, 0.1) is 0 Å². The van der Waals surface area contributed by atoms with Gasteiger partial charge in [-0.2, -0.15) is 0 Å². The van der Waals surface area contributed by atoms with E-state index in [2.05, 4.69) is 21.0 Å². The maximum absolute atomic E-state index is 4.65. The first kappa shape index (κ1) is 54.0. The molecule has 11 heteroatoms. The van der Waals surface area contributed by atoms with Crippen molar-refractivity contribution in [3.05, 3.63) is 0 Å². The predicted molar refractivity (Wildman–Crippen MR) is 56.0 cm³/mol. The van der Waals surface area contributed by atoms with E-state index in [4.69, 9.17) is 0 Å². The summed E-state index contributed by atoms with van der Waals surface area (Å²) in [6, 6.07) is 0. The van der Waals surface area contributed by atoms with Crippen molar-refractivity contribution in [1.82, 2.24) is 0 Å². The number of hydrogen-bond acceptors (Lipinski definition) is 3. The fourth-order valence-electron chi connectivity index (χ4n) is 0.0227. The molecule has 0 aromatic carbocycles.